The molecule has 6 aromatic rings. The number of rotatable bonds is 22. The summed E-state index contributed by atoms with van der Waals surface area (Å²) in [5.74, 6) is -4.19. The summed E-state index contributed by atoms with van der Waals surface area (Å²) in [7, 11) is 1.26. The van der Waals surface area contributed by atoms with E-state index in [1.165, 1.54) is 39.0 Å². The van der Waals surface area contributed by atoms with Crippen LogP contribution in [0.5, 0.6) is 0 Å². The first-order valence-electron chi connectivity index (χ1n) is 29.5. The number of ether oxygens (including phenoxy) is 3. The van der Waals surface area contributed by atoms with Crippen LogP contribution in [0, 0.1) is 17.8 Å². The van der Waals surface area contributed by atoms with E-state index in [0.717, 1.165) is 44.5 Å². The summed E-state index contributed by atoms with van der Waals surface area (Å²) < 4.78 is 21.7. The lowest BCUT2D eigenvalue weighted by Crippen LogP contribution is -2.40. The minimum Gasteiger partial charge on any atom is -0.520 e. The van der Waals surface area contributed by atoms with Gasteiger partial charge in [-0.05, 0) is 86.4 Å². The third-order valence-electron chi connectivity index (χ3n) is 15.4. The molecule has 19 nitrogen and oxygen atoms in total. The van der Waals surface area contributed by atoms with Gasteiger partial charge in [0.1, 0.15) is 19.8 Å². The molecule has 5 N–H and O–H groups in total. The molecule has 0 saturated heterocycles. The molecular weight excluding hydrogens is 1140 g/mol. The first kappa shape index (κ1) is 66.2. The number of alkyl carbamates (subject to hydrolysis) is 3. The molecule has 0 fully saturated rings. The number of carboxylic acid groups (broad SMARTS) is 2. The van der Waals surface area contributed by atoms with Crippen molar-refractivity contribution in [3.63, 3.8) is 0 Å². The Hall–Kier alpha value is -9.30. The van der Waals surface area contributed by atoms with Gasteiger partial charge in [0.2, 0.25) is 20.1 Å². The molecule has 3 atom stereocenters. The zero-order chi connectivity index (χ0) is 63.7. The average molecular weight is 1220 g/mol. The molecule has 0 bridgehead atoms. The number of fused-ring (bicyclic) bond motifs is 9. The number of aliphatic carboxylic acids is 2. The van der Waals surface area contributed by atoms with E-state index in [9.17, 15) is 38.4 Å². The Labute approximate surface area is 514 Å². The maximum Gasteiger partial charge on any atom is 0.407 e. The standard InChI is InChI=1S/C26H34N2O5Si.C23H26N2O5.C19H19NO4/c1-18(25(30)28(2)15-14-24(29)33-34(3,4)5)16-27-26(31)32-17-23-21-12-8-6-10-19(21)20-11-7-9-13-22(20)23;1-15(22(28)25(2)12-11-21(26)27)13-24-23(29)30-14-20-18-9-5-3-7-16(18)17-8-4-6-10-19(17)20;1-12(18(21)22)10-20-19(23)24-11-17-15-8-4-2-6-13(15)14-7-3-5-9-16(14)17/h6-13,18,23H,14-17H2,1-5H3,(H,27,31);3-10,15,20H,11-14H2,1-2H3,(H,24,29)(H,26,27);2-9,12,17H,10-11H2,1H3,(H,20,23)(H,21,22)/t18-;15-;12-/m000/s1. The van der Waals surface area contributed by atoms with Gasteiger partial charge < -0.3 is 54.6 Å². The highest BCUT2D eigenvalue weighted by atomic mass is 28.4. The molecule has 0 aromatic heterocycles. The van der Waals surface area contributed by atoms with Crippen molar-refractivity contribution in [1.29, 1.82) is 0 Å². The zero-order valence-electron chi connectivity index (χ0n) is 51.1. The Balaban J connectivity index is 0.000000191. The molecule has 20 heteroatoms. The maximum atomic E-state index is 12.6. The number of nitrogens with zero attached hydrogens (tertiary/aromatic N) is 2. The summed E-state index contributed by atoms with van der Waals surface area (Å²) in [6.45, 7) is 12.2. The predicted octanol–water partition coefficient (Wildman–Crippen LogP) is 10.7. The second kappa shape index (κ2) is 30.9. The molecule has 0 aliphatic heterocycles. The van der Waals surface area contributed by atoms with E-state index in [4.69, 9.17) is 28.8 Å². The highest BCUT2D eigenvalue weighted by Gasteiger charge is 2.33. The summed E-state index contributed by atoms with van der Waals surface area (Å²) >= 11 is 0. The molecule has 0 heterocycles. The monoisotopic (exact) mass is 1220 g/mol. The lowest BCUT2D eigenvalue weighted by molar-refractivity contribution is -0.141. The van der Waals surface area contributed by atoms with Gasteiger partial charge in [0.05, 0.1) is 30.6 Å². The number of hydrogen-bond donors (Lipinski definition) is 5. The van der Waals surface area contributed by atoms with Gasteiger partial charge in [-0.1, -0.05) is 166 Å². The number of benzene rings is 6. The van der Waals surface area contributed by atoms with Crippen LogP contribution in [0.15, 0.2) is 146 Å². The summed E-state index contributed by atoms with van der Waals surface area (Å²) in [4.78, 5) is 97.4. The first-order valence-corrected chi connectivity index (χ1v) is 32.9. The van der Waals surface area contributed by atoms with E-state index >= 15 is 0 Å². The Morgan fingerprint density at radius 2 is 0.693 bits per heavy atom. The van der Waals surface area contributed by atoms with Crippen molar-refractivity contribution >= 4 is 56.3 Å². The minimum absolute atomic E-state index is 0.0000437. The normalized spacial score (nSPS) is 13.4. The summed E-state index contributed by atoms with van der Waals surface area (Å²) in [5, 5.41) is 25.4. The minimum atomic E-state index is -1.94. The highest BCUT2D eigenvalue weighted by Crippen LogP contribution is 2.47. The number of nitrogens with one attached hydrogen (secondary N) is 3. The van der Waals surface area contributed by atoms with Crippen molar-refractivity contribution in [1.82, 2.24) is 25.8 Å². The summed E-state index contributed by atoms with van der Waals surface area (Å²) in [5.41, 5.74) is 13.8. The first-order chi connectivity index (χ1) is 42.0. The van der Waals surface area contributed by atoms with Crippen LogP contribution in [0.1, 0.15) is 84.7 Å². The third-order valence-corrected chi connectivity index (χ3v) is 16.3. The smallest absolute Gasteiger partial charge is 0.407 e. The number of carbonyl (C=O) groups is 8. The van der Waals surface area contributed by atoms with E-state index < -0.39 is 56.3 Å². The molecular formula is C68H79N5O14Si. The fourth-order valence-corrected chi connectivity index (χ4v) is 11.6. The Morgan fingerprint density at radius 1 is 0.432 bits per heavy atom. The van der Waals surface area contributed by atoms with E-state index in [2.05, 4.69) is 76.6 Å². The van der Waals surface area contributed by atoms with Crippen molar-refractivity contribution in [2.75, 3.05) is 66.6 Å². The van der Waals surface area contributed by atoms with Gasteiger partial charge in [-0.2, -0.15) is 0 Å². The van der Waals surface area contributed by atoms with Gasteiger partial charge in [0, 0.05) is 64.6 Å². The van der Waals surface area contributed by atoms with Crippen LogP contribution in [-0.2, 0) is 42.6 Å². The van der Waals surface area contributed by atoms with Gasteiger partial charge in [0.25, 0.3) is 5.97 Å². The number of hydrogen-bond acceptors (Lipinski definition) is 12. The van der Waals surface area contributed by atoms with Crippen molar-refractivity contribution in [2.24, 2.45) is 17.8 Å². The van der Waals surface area contributed by atoms with Gasteiger partial charge in [-0.3, -0.25) is 24.0 Å². The molecule has 464 valence electrons. The molecule has 9 rings (SSSR count). The lowest BCUT2D eigenvalue weighted by Gasteiger charge is -2.23. The van der Waals surface area contributed by atoms with Gasteiger partial charge in [-0.15, -0.1) is 0 Å². The largest absolute Gasteiger partial charge is 0.520 e. The predicted molar refractivity (Wildman–Crippen MR) is 336 cm³/mol. The lowest BCUT2D eigenvalue weighted by atomic mass is 9.98. The Kier molecular flexibility index (Phi) is 23.2. The van der Waals surface area contributed by atoms with E-state index in [-0.39, 0.29) is 101 Å². The van der Waals surface area contributed by atoms with Gasteiger partial charge in [-0.25, -0.2) is 14.4 Å². The molecule has 0 radical (unpaired) electrons. The van der Waals surface area contributed by atoms with Gasteiger partial charge in [0.15, 0.2) is 0 Å². The van der Waals surface area contributed by atoms with E-state index in [1.54, 1.807) is 27.9 Å². The van der Waals surface area contributed by atoms with Crippen molar-refractivity contribution in [2.45, 2.75) is 71.0 Å². The molecule has 5 amide bonds. The average Bonchev–Trinajstić information content (AvgIpc) is 1.73. The molecule has 0 saturated carbocycles. The Morgan fingerprint density at radius 3 is 0.955 bits per heavy atom. The molecule has 3 aliphatic carbocycles. The second-order valence-corrected chi connectivity index (χ2v) is 27.6. The van der Waals surface area contributed by atoms with Crippen molar-refractivity contribution in [3.05, 3.63) is 179 Å². The number of amides is 5. The number of carbonyl (C=O) groups excluding carboxylic acids is 6. The molecule has 6 aromatic carbocycles. The van der Waals surface area contributed by atoms with Crippen molar-refractivity contribution in [3.8, 4) is 33.4 Å². The summed E-state index contributed by atoms with van der Waals surface area (Å²) in [6.07, 6.45) is -1.69. The highest BCUT2D eigenvalue weighted by molar-refractivity contribution is 6.71. The van der Waals surface area contributed by atoms with Crippen molar-refractivity contribution < 1.29 is 67.2 Å². The molecule has 0 unspecified atom stereocenters. The Bertz CT molecular complexity index is 3340. The van der Waals surface area contributed by atoms with E-state index in [0.29, 0.717) is 0 Å². The van der Waals surface area contributed by atoms with Gasteiger partial charge >= 0.3 is 30.2 Å². The number of carboxylic acids is 2. The van der Waals surface area contributed by atoms with Crippen LogP contribution in [-0.4, -0.2) is 143 Å². The quantitative estimate of drug-likeness (QED) is 0.0313. The third kappa shape index (κ3) is 17.7. The van der Waals surface area contributed by atoms with Crippen LogP contribution in [0.3, 0.4) is 0 Å². The van der Waals surface area contributed by atoms with Crippen LogP contribution >= 0.6 is 0 Å². The van der Waals surface area contributed by atoms with Crippen LogP contribution in [0.2, 0.25) is 19.6 Å². The summed E-state index contributed by atoms with van der Waals surface area (Å²) in [6, 6.07) is 48.7. The molecule has 0 spiro atoms. The molecule has 3 aliphatic rings. The second-order valence-electron chi connectivity index (χ2n) is 23.2. The zero-order valence-corrected chi connectivity index (χ0v) is 52.1. The van der Waals surface area contributed by atoms with Crippen LogP contribution in [0.25, 0.3) is 33.4 Å². The van der Waals surface area contributed by atoms with Crippen LogP contribution in [0.4, 0.5) is 14.4 Å². The SMILES string of the molecule is C[C@@H](CNC(=O)OCC1c2ccccc2-c2ccccc21)C(=O)N(C)CCC(=O)O.C[C@@H](CNC(=O)OCC1c2ccccc2-c2ccccc21)C(=O)N(C)CCC(=O)O[Si](C)(C)C.C[C@@H](CNC(=O)OCC1c2ccccc2-c2ccccc21)C(=O)O. The van der Waals surface area contributed by atoms with E-state index in [1.807, 2.05) is 105 Å². The maximum absolute atomic E-state index is 12.6. The molecule has 88 heavy (non-hydrogen) atoms. The topological polar surface area (TPSA) is 257 Å². The van der Waals surface area contributed by atoms with Crippen LogP contribution < -0.4 is 16.0 Å². The fourth-order valence-electron chi connectivity index (χ4n) is 10.8. The fraction of sp³-hybridized carbons (Fsp3) is 0.353.